The van der Waals surface area contributed by atoms with E-state index in [-0.39, 0.29) is 11.6 Å². The normalized spacial score (nSPS) is 11.2. The third-order valence-electron chi connectivity index (χ3n) is 2.71. The van der Waals surface area contributed by atoms with Crippen LogP contribution in [0.3, 0.4) is 0 Å². The Bertz CT molecular complexity index is 552. The molecule has 0 aliphatic heterocycles. The molecule has 0 amide bonds. The maximum atomic E-state index is 12.1. The lowest BCUT2D eigenvalue weighted by Gasteiger charge is -2.12. The summed E-state index contributed by atoms with van der Waals surface area (Å²) >= 11 is 0. The summed E-state index contributed by atoms with van der Waals surface area (Å²) in [5, 5.41) is 1.87. The lowest BCUT2D eigenvalue weighted by molar-refractivity contribution is 0.581. The zero-order valence-corrected chi connectivity index (χ0v) is 9.32. The molecule has 2 rings (SSSR count). The standard InChI is InChI=1S/C13H15NO/c1-9(2)14-8-10(3)11-6-4-5-7-12(11)13(14)15/h4-9H,1-3H3. The number of aryl methyl sites for hydroxylation is 1. The summed E-state index contributed by atoms with van der Waals surface area (Å²) in [7, 11) is 0. The second kappa shape index (κ2) is 3.54. The van der Waals surface area contributed by atoms with Gasteiger partial charge in [0.2, 0.25) is 0 Å². The molecule has 0 atom stereocenters. The van der Waals surface area contributed by atoms with Crippen LogP contribution in [-0.4, -0.2) is 4.57 Å². The molecule has 1 heterocycles. The number of nitrogens with zero attached hydrogens (tertiary/aromatic N) is 1. The Morgan fingerprint density at radius 2 is 1.73 bits per heavy atom. The number of benzene rings is 1. The highest BCUT2D eigenvalue weighted by molar-refractivity contribution is 5.84. The van der Waals surface area contributed by atoms with E-state index in [4.69, 9.17) is 0 Å². The Kier molecular flexibility index (Phi) is 2.35. The van der Waals surface area contributed by atoms with E-state index in [0.29, 0.717) is 0 Å². The molecular formula is C13H15NO. The van der Waals surface area contributed by atoms with Gasteiger partial charge in [0, 0.05) is 17.6 Å². The molecule has 0 fully saturated rings. The predicted molar refractivity (Wildman–Crippen MR) is 63.3 cm³/mol. The summed E-state index contributed by atoms with van der Waals surface area (Å²) in [5.41, 5.74) is 1.25. The lowest BCUT2D eigenvalue weighted by atomic mass is 10.1. The SMILES string of the molecule is Cc1cn(C(C)C)c(=O)c2ccccc12. The summed E-state index contributed by atoms with van der Waals surface area (Å²) in [4.78, 5) is 12.1. The van der Waals surface area contributed by atoms with Crippen LogP contribution in [0.5, 0.6) is 0 Å². The highest BCUT2D eigenvalue weighted by Gasteiger charge is 2.07. The first-order valence-electron chi connectivity index (χ1n) is 5.21. The average Bonchev–Trinajstić information content (AvgIpc) is 2.23. The Labute approximate surface area is 89.2 Å². The summed E-state index contributed by atoms with van der Waals surface area (Å²) in [6, 6.07) is 7.98. The molecule has 0 saturated heterocycles. The molecule has 0 N–H and O–H groups in total. The largest absolute Gasteiger partial charge is 0.312 e. The third kappa shape index (κ3) is 1.56. The van der Waals surface area contributed by atoms with Gasteiger partial charge in [-0.15, -0.1) is 0 Å². The van der Waals surface area contributed by atoms with Gasteiger partial charge in [-0.25, -0.2) is 0 Å². The lowest BCUT2D eigenvalue weighted by Crippen LogP contribution is -2.21. The van der Waals surface area contributed by atoms with E-state index in [1.54, 1.807) is 4.57 Å². The minimum Gasteiger partial charge on any atom is -0.312 e. The molecular weight excluding hydrogens is 186 g/mol. The molecule has 1 aromatic heterocycles. The van der Waals surface area contributed by atoms with Gasteiger partial charge >= 0.3 is 0 Å². The zero-order valence-electron chi connectivity index (χ0n) is 9.32. The van der Waals surface area contributed by atoms with Gasteiger partial charge in [0.15, 0.2) is 0 Å². The molecule has 0 spiro atoms. The van der Waals surface area contributed by atoms with E-state index in [0.717, 1.165) is 16.3 Å². The van der Waals surface area contributed by atoms with Crippen LogP contribution >= 0.6 is 0 Å². The third-order valence-corrected chi connectivity index (χ3v) is 2.71. The Balaban J connectivity index is 2.91. The van der Waals surface area contributed by atoms with Crippen LogP contribution in [-0.2, 0) is 0 Å². The highest BCUT2D eigenvalue weighted by atomic mass is 16.1. The van der Waals surface area contributed by atoms with Crippen molar-refractivity contribution in [3.8, 4) is 0 Å². The molecule has 2 aromatic rings. The molecule has 0 saturated carbocycles. The van der Waals surface area contributed by atoms with Crippen LogP contribution in [0, 0.1) is 6.92 Å². The summed E-state index contributed by atoms with van der Waals surface area (Å²) < 4.78 is 1.79. The van der Waals surface area contributed by atoms with Crippen LogP contribution < -0.4 is 5.56 Å². The van der Waals surface area contributed by atoms with Crippen molar-refractivity contribution in [3.63, 3.8) is 0 Å². The van der Waals surface area contributed by atoms with Crippen LogP contribution in [0.4, 0.5) is 0 Å². The van der Waals surface area contributed by atoms with E-state index in [1.165, 1.54) is 0 Å². The highest BCUT2D eigenvalue weighted by Crippen LogP contribution is 2.15. The Morgan fingerprint density at radius 1 is 1.13 bits per heavy atom. The summed E-state index contributed by atoms with van der Waals surface area (Å²) in [6.07, 6.45) is 1.94. The molecule has 0 bridgehead atoms. The van der Waals surface area contributed by atoms with Crippen molar-refractivity contribution in [1.29, 1.82) is 0 Å². The first-order valence-corrected chi connectivity index (χ1v) is 5.21. The number of aromatic nitrogens is 1. The number of fused-ring (bicyclic) bond motifs is 1. The van der Waals surface area contributed by atoms with E-state index >= 15 is 0 Å². The number of hydrogen-bond donors (Lipinski definition) is 0. The second-order valence-corrected chi connectivity index (χ2v) is 4.16. The fourth-order valence-electron chi connectivity index (χ4n) is 1.87. The van der Waals surface area contributed by atoms with Gasteiger partial charge in [0.1, 0.15) is 0 Å². The van der Waals surface area contributed by atoms with E-state index < -0.39 is 0 Å². The molecule has 0 unspecified atom stereocenters. The van der Waals surface area contributed by atoms with Crippen molar-refractivity contribution in [2.24, 2.45) is 0 Å². The van der Waals surface area contributed by atoms with Gasteiger partial charge in [-0.2, -0.15) is 0 Å². The van der Waals surface area contributed by atoms with Crippen molar-refractivity contribution >= 4 is 10.8 Å². The van der Waals surface area contributed by atoms with Crippen LogP contribution in [0.25, 0.3) is 10.8 Å². The fraction of sp³-hybridized carbons (Fsp3) is 0.308. The Morgan fingerprint density at radius 3 is 2.33 bits per heavy atom. The van der Waals surface area contributed by atoms with Crippen molar-refractivity contribution in [3.05, 3.63) is 46.4 Å². The molecule has 78 valence electrons. The van der Waals surface area contributed by atoms with Crippen molar-refractivity contribution < 1.29 is 0 Å². The monoisotopic (exact) mass is 201 g/mol. The predicted octanol–water partition coefficient (Wildman–Crippen LogP) is 2.89. The van der Waals surface area contributed by atoms with Gasteiger partial charge < -0.3 is 4.57 Å². The van der Waals surface area contributed by atoms with E-state index in [2.05, 4.69) is 0 Å². The van der Waals surface area contributed by atoms with Gasteiger partial charge in [-0.1, -0.05) is 18.2 Å². The second-order valence-electron chi connectivity index (χ2n) is 4.16. The summed E-state index contributed by atoms with van der Waals surface area (Å²) in [5.74, 6) is 0. The van der Waals surface area contributed by atoms with Crippen LogP contribution in [0.2, 0.25) is 0 Å². The number of pyridine rings is 1. The minimum atomic E-state index is 0.103. The molecule has 0 aliphatic rings. The quantitative estimate of drug-likeness (QED) is 0.695. The minimum absolute atomic E-state index is 0.103. The first kappa shape index (κ1) is 9.97. The van der Waals surface area contributed by atoms with Crippen LogP contribution in [0.15, 0.2) is 35.3 Å². The molecule has 0 radical (unpaired) electrons. The smallest absolute Gasteiger partial charge is 0.258 e. The van der Waals surface area contributed by atoms with Gasteiger partial charge in [-0.3, -0.25) is 4.79 Å². The van der Waals surface area contributed by atoms with Crippen molar-refractivity contribution in [1.82, 2.24) is 4.57 Å². The van der Waals surface area contributed by atoms with Gasteiger partial charge in [-0.05, 0) is 37.8 Å². The van der Waals surface area contributed by atoms with Gasteiger partial charge in [0.05, 0.1) is 0 Å². The number of rotatable bonds is 1. The van der Waals surface area contributed by atoms with Gasteiger partial charge in [0.25, 0.3) is 5.56 Å². The summed E-state index contributed by atoms with van der Waals surface area (Å²) in [6.45, 7) is 6.09. The van der Waals surface area contributed by atoms with E-state index in [1.807, 2.05) is 51.2 Å². The molecule has 15 heavy (non-hydrogen) atoms. The fourth-order valence-corrected chi connectivity index (χ4v) is 1.87. The topological polar surface area (TPSA) is 22.0 Å². The molecule has 1 aromatic carbocycles. The van der Waals surface area contributed by atoms with E-state index in [9.17, 15) is 4.79 Å². The maximum Gasteiger partial charge on any atom is 0.258 e. The number of hydrogen-bond acceptors (Lipinski definition) is 1. The zero-order chi connectivity index (χ0) is 11.0. The van der Waals surface area contributed by atoms with Crippen molar-refractivity contribution in [2.45, 2.75) is 26.8 Å². The Hall–Kier alpha value is -1.57. The molecule has 0 aliphatic carbocycles. The van der Waals surface area contributed by atoms with Crippen molar-refractivity contribution in [2.75, 3.05) is 0 Å². The molecule has 2 nitrogen and oxygen atoms in total. The first-order chi connectivity index (χ1) is 7.11. The van der Waals surface area contributed by atoms with Crippen LogP contribution in [0.1, 0.15) is 25.5 Å². The maximum absolute atomic E-state index is 12.1. The molecule has 2 heteroatoms. The average molecular weight is 201 g/mol.